The Kier molecular flexibility index (Phi) is 6.37. The highest BCUT2D eigenvalue weighted by molar-refractivity contribution is 6.35. The Bertz CT molecular complexity index is 532. The van der Waals surface area contributed by atoms with E-state index in [1.165, 1.54) is 5.82 Å². The van der Waals surface area contributed by atoms with Crippen molar-refractivity contribution in [3.8, 4) is 0 Å². The van der Waals surface area contributed by atoms with Crippen LogP contribution in [0.4, 0.5) is 0 Å². The number of imidazole rings is 1. The van der Waals surface area contributed by atoms with Crippen LogP contribution in [0.1, 0.15) is 24.7 Å². The summed E-state index contributed by atoms with van der Waals surface area (Å²) in [5.41, 5.74) is 0.975. The Balaban J connectivity index is 0.00000180. The van der Waals surface area contributed by atoms with Crippen LogP contribution in [0, 0.1) is 6.92 Å². The first-order chi connectivity index (χ1) is 8.63. The topological polar surface area (TPSA) is 8.81 Å². The smallest absolute Gasteiger partial charge is 0.253 e. The summed E-state index contributed by atoms with van der Waals surface area (Å²) in [6.07, 6.45) is 5.30. The molecule has 0 fully saturated rings. The van der Waals surface area contributed by atoms with Gasteiger partial charge in [0.15, 0.2) is 0 Å². The summed E-state index contributed by atoms with van der Waals surface area (Å²) in [6, 6.07) is 5.62. The molecule has 1 aromatic heterocycles. The molecular formula is C14H17BrCl2N2. The van der Waals surface area contributed by atoms with E-state index in [4.69, 9.17) is 23.2 Å². The molecule has 0 saturated heterocycles. The fourth-order valence-electron chi connectivity index (χ4n) is 2.04. The van der Waals surface area contributed by atoms with Crippen LogP contribution in [0.25, 0.3) is 0 Å². The van der Waals surface area contributed by atoms with E-state index in [0.717, 1.165) is 28.6 Å². The Hall–Kier alpha value is -0.510. The van der Waals surface area contributed by atoms with Crippen molar-refractivity contribution in [1.82, 2.24) is 4.57 Å². The molecule has 1 heterocycles. The summed E-state index contributed by atoms with van der Waals surface area (Å²) in [6.45, 7) is 6.03. The summed E-state index contributed by atoms with van der Waals surface area (Å²) >= 11 is 12.4. The third-order valence-electron chi connectivity index (χ3n) is 3.11. The molecule has 0 atom stereocenters. The molecule has 0 unspecified atom stereocenters. The van der Waals surface area contributed by atoms with E-state index in [0.29, 0.717) is 6.54 Å². The number of hydrogen-bond acceptors (Lipinski definition) is 0. The predicted molar refractivity (Wildman–Crippen MR) is 75.2 cm³/mol. The van der Waals surface area contributed by atoms with E-state index >= 15 is 0 Å². The molecular weight excluding hydrogens is 347 g/mol. The molecule has 0 aliphatic heterocycles. The number of halogens is 3. The molecule has 5 heteroatoms. The minimum Gasteiger partial charge on any atom is -1.00 e. The Morgan fingerprint density at radius 2 is 1.84 bits per heavy atom. The van der Waals surface area contributed by atoms with Crippen molar-refractivity contribution >= 4 is 23.2 Å². The van der Waals surface area contributed by atoms with Crippen LogP contribution in [0.3, 0.4) is 0 Å². The van der Waals surface area contributed by atoms with Crippen LogP contribution >= 0.6 is 23.2 Å². The highest BCUT2D eigenvalue weighted by atomic mass is 79.9. The van der Waals surface area contributed by atoms with E-state index in [9.17, 15) is 0 Å². The van der Waals surface area contributed by atoms with Crippen molar-refractivity contribution in [2.75, 3.05) is 0 Å². The first-order valence-corrected chi connectivity index (χ1v) is 6.87. The van der Waals surface area contributed by atoms with Gasteiger partial charge < -0.3 is 17.0 Å². The van der Waals surface area contributed by atoms with E-state index < -0.39 is 0 Å². The van der Waals surface area contributed by atoms with Gasteiger partial charge in [0.25, 0.3) is 5.82 Å². The molecule has 104 valence electrons. The Morgan fingerprint density at radius 1 is 1.21 bits per heavy atom. The molecule has 19 heavy (non-hydrogen) atoms. The van der Waals surface area contributed by atoms with Crippen molar-refractivity contribution in [3.05, 3.63) is 52.0 Å². The van der Waals surface area contributed by atoms with E-state index in [2.05, 4.69) is 35.4 Å². The second kappa shape index (κ2) is 7.32. The van der Waals surface area contributed by atoms with E-state index in [1.54, 1.807) is 0 Å². The molecule has 2 aromatic rings. The molecule has 0 bridgehead atoms. The molecule has 0 spiro atoms. The molecule has 1 aromatic carbocycles. The summed E-state index contributed by atoms with van der Waals surface area (Å²) in [5.74, 6) is 1.22. The number of aryl methyl sites for hydroxylation is 1. The second-order valence-electron chi connectivity index (χ2n) is 4.37. The molecule has 0 amide bonds. The van der Waals surface area contributed by atoms with Crippen molar-refractivity contribution in [1.29, 1.82) is 0 Å². The number of nitrogens with zero attached hydrogens (tertiary/aromatic N) is 2. The van der Waals surface area contributed by atoms with Gasteiger partial charge in [0.2, 0.25) is 0 Å². The Morgan fingerprint density at radius 3 is 2.42 bits per heavy atom. The average Bonchev–Trinajstić information content (AvgIpc) is 2.67. The van der Waals surface area contributed by atoms with Gasteiger partial charge in [-0.15, -0.1) is 0 Å². The predicted octanol–water partition coefficient (Wildman–Crippen LogP) is 0.853. The lowest BCUT2D eigenvalue weighted by molar-refractivity contribution is -0.693. The minimum absolute atomic E-state index is 0. The summed E-state index contributed by atoms with van der Waals surface area (Å²) in [7, 11) is 0. The van der Waals surface area contributed by atoms with Crippen LogP contribution in [0.5, 0.6) is 0 Å². The number of hydrogen-bond donors (Lipinski definition) is 0. The molecule has 0 aliphatic rings. The normalized spacial score (nSPS) is 10.3. The maximum atomic E-state index is 6.20. The average molecular weight is 364 g/mol. The summed E-state index contributed by atoms with van der Waals surface area (Å²) in [4.78, 5) is 0. The maximum absolute atomic E-state index is 6.20. The third kappa shape index (κ3) is 3.74. The molecule has 2 rings (SSSR count). The summed E-state index contributed by atoms with van der Waals surface area (Å²) in [5, 5.41) is 1.44. The lowest BCUT2D eigenvalue weighted by Gasteiger charge is -2.05. The van der Waals surface area contributed by atoms with Gasteiger partial charge >= 0.3 is 0 Å². The fraction of sp³-hybridized carbons (Fsp3) is 0.357. The van der Waals surface area contributed by atoms with E-state index in [1.807, 2.05) is 18.2 Å². The maximum Gasteiger partial charge on any atom is 0.253 e. The van der Waals surface area contributed by atoms with Crippen LogP contribution in [-0.2, 0) is 13.1 Å². The number of benzene rings is 1. The number of aromatic nitrogens is 2. The van der Waals surface area contributed by atoms with Gasteiger partial charge in [-0.05, 0) is 18.6 Å². The second-order valence-corrected chi connectivity index (χ2v) is 5.18. The van der Waals surface area contributed by atoms with Gasteiger partial charge in [-0.2, -0.15) is 0 Å². The minimum atomic E-state index is 0. The van der Waals surface area contributed by atoms with Gasteiger partial charge in [0.1, 0.15) is 18.9 Å². The highest BCUT2D eigenvalue weighted by Gasteiger charge is 2.14. The molecule has 0 saturated carbocycles. The number of rotatable bonds is 4. The van der Waals surface area contributed by atoms with Crippen molar-refractivity contribution < 1.29 is 21.5 Å². The monoisotopic (exact) mass is 362 g/mol. The lowest BCUT2D eigenvalue weighted by atomic mass is 10.2. The standard InChI is InChI=1S/C14H17Cl2N2.BrH/c1-3-7-17-8-9-18(11(17)2)10-12-13(15)5-4-6-14(12)16;/h4-6,8-9H,3,7,10H2,1-2H3;1H/q+1;/p-1. The molecule has 2 nitrogen and oxygen atoms in total. The van der Waals surface area contributed by atoms with Gasteiger partial charge in [-0.25, -0.2) is 9.13 Å². The zero-order valence-electron chi connectivity index (χ0n) is 11.0. The first kappa shape index (κ1) is 16.5. The summed E-state index contributed by atoms with van der Waals surface area (Å²) < 4.78 is 4.41. The zero-order valence-corrected chi connectivity index (χ0v) is 14.1. The van der Waals surface area contributed by atoms with Gasteiger partial charge in [0, 0.05) is 22.5 Å². The Labute approximate surface area is 134 Å². The fourth-order valence-corrected chi connectivity index (χ4v) is 2.56. The van der Waals surface area contributed by atoms with Gasteiger partial charge in [-0.1, -0.05) is 36.2 Å². The molecule has 0 radical (unpaired) electrons. The van der Waals surface area contributed by atoms with Crippen molar-refractivity contribution in [2.45, 2.75) is 33.4 Å². The molecule has 0 N–H and O–H groups in total. The lowest BCUT2D eigenvalue weighted by Crippen LogP contribution is -3.00. The van der Waals surface area contributed by atoms with Gasteiger partial charge in [-0.3, -0.25) is 0 Å². The van der Waals surface area contributed by atoms with Crippen LogP contribution in [-0.4, -0.2) is 4.57 Å². The SMILES string of the molecule is CCCn1cc[n+](Cc2c(Cl)cccc2Cl)c1C.[Br-]. The molecule has 0 aliphatic carbocycles. The van der Waals surface area contributed by atoms with Crippen LogP contribution < -0.4 is 21.5 Å². The van der Waals surface area contributed by atoms with Crippen molar-refractivity contribution in [3.63, 3.8) is 0 Å². The van der Waals surface area contributed by atoms with Crippen LogP contribution in [0.15, 0.2) is 30.6 Å². The largest absolute Gasteiger partial charge is 1.00 e. The van der Waals surface area contributed by atoms with E-state index in [-0.39, 0.29) is 17.0 Å². The first-order valence-electron chi connectivity index (χ1n) is 6.11. The van der Waals surface area contributed by atoms with Crippen molar-refractivity contribution in [2.24, 2.45) is 0 Å². The highest BCUT2D eigenvalue weighted by Crippen LogP contribution is 2.23. The van der Waals surface area contributed by atoms with Gasteiger partial charge in [0.05, 0.1) is 6.54 Å². The third-order valence-corrected chi connectivity index (χ3v) is 3.82. The van der Waals surface area contributed by atoms with Crippen LogP contribution in [0.2, 0.25) is 10.0 Å². The zero-order chi connectivity index (χ0) is 13.1. The quantitative estimate of drug-likeness (QED) is 0.712.